The molecule has 0 unspecified atom stereocenters. The standard InChI is InChI=1S/C21H34/c1-4-6-7-15-21(3)16-13-20(14-17-21)19-11-9-18(8-5-2)10-12-19/h9-12,20H,4-8,13-17H2,1-3H3. The lowest BCUT2D eigenvalue weighted by Crippen LogP contribution is -2.23. The van der Waals surface area contributed by atoms with Crippen LogP contribution >= 0.6 is 0 Å². The van der Waals surface area contributed by atoms with Gasteiger partial charge in [-0.15, -0.1) is 0 Å². The van der Waals surface area contributed by atoms with E-state index in [9.17, 15) is 0 Å². The fourth-order valence-corrected chi connectivity index (χ4v) is 3.94. The molecule has 1 aliphatic rings. The van der Waals surface area contributed by atoms with E-state index in [-0.39, 0.29) is 0 Å². The summed E-state index contributed by atoms with van der Waals surface area (Å²) in [4.78, 5) is 0. The monoisotopic (exact) mass is 286 g/mol. The maximum Gasteiger partial charge on any atom is -0.0162 e. The van der Waals surface area contributed by atoms with Crippen LogP contribution in [0.5, 0.6) is 0 Å². The first-order valence-corrected chi connectivity index (χ1v) is 9.25. The van der Waals surface area contributed by atoms with Crippen molar-refractivity contribution in [3.05, 3.63) is 35.4 Å². The van der Waals surface area contributed by atoms with Gasteiger partial charge in [-0.25, -0.2) is 0 Å². The maximum atomic E-state index is 2.53. The molecule has 0 amide bonds. The molecule has 0 radical (unpaired) electrons. The summed E-state index contributed by atoms with van der Waals surface area (Å²) in [6.07, 6.45) is 13.8. The molecule has 0 bridgehead atoms. The summed E-state index contributed by atoms with van der Waals surface area (Å²) < 4.78 is 0. The summed E-state index contributed by atoms with van der Waals surface area (Å²) in [6, 6.07) is 9.51. The molecule has 0 heteroatoms. The van der Waals surface area contributed by atoms with Gasteiger partial charge in [0.1, 0.15) is 0 Å². The second kappa shape index (κ2) is 8.01. The Labute approximate surface area is 132 Å². The Morgan fingerprint density at radius 1 is 0.952 bits per heavy atom. The van der Waals surface area contributed by atoms with Crippen molar-refractivity contribution in [2.45, 2.75) is 90.9 Å². The average Bonchev–Trinajstić information content (AvgIpc) is 2.50. The first kappa shape index (κ1) is 16.6. The third-order valence-corrected chi connectivity index (χ3v) is 5.57. The summed E-state index contributed by atoms with van der Waals surface area (Å²) in [5.74, 6) is 0.819. The van der Waals surface area contributed by atoms with Gasteiger partial charge in [-0.05, 0) is 61.0 Å². The molecule has 0 atom stereocenters. The zero-order valence-electron chi connectivity index (χ0n) is 14.5. The van der Waals surface area contributed by atoms with Crippen LogP contribution in [0.15, 0.2) is 24.3 Å². The van der Waals surface area contributed by atoms with Crippen LogP contribution in [0.4, 0.5) is 0 Å². The number of unbranched alkanes of at least 4 members (excludes halogenated alkanes) is 2. The minimum absolute atomic E-state index is 0.633. The molecule has 1 saturated carbocycles. The predicted molar refractivity (Wildman–Crippen MR) is 93.9 cm³/mol. The molecular formula is C21H34. The van der Waals surface area contributed by atoms with E-state index in [0.29, 0.717) is 5.41 Å². The molecule has 0 saturated heterocycles. The number of rotatable bonds is 7. The van der Waals surface area contributed by atoms with Gasteiger partial charge < -0.3 is 0 Å². The Bertz CT molecular complexity index is 393. The van der Waals surface area contributed by atoms with Crippen LogP contribution in [-0.4, -0.2) is 0 Å². The highest BCUT2D eigenvalue weighted by atomic mass is 14.4. The number of hydrogen-bond acceptors (Lipinski definition) is 0. The molecule has 0 aliphatic heterocycles. The molecule has 0 heterocycles. The van der Waals surface area contributed by atoms with Gasteiger partial charge in [-0.2, -0.15) is 0 Å². The van der Waals surface area contributed by atoms with Crippen molar-refractivity contribution < 1.29 is 0 Å². The third-order valence-electron chi connectivity index (χ3n) is 5.57. The Morgan fingerprint density at radius 2 is 1.62 bits per heavy atom. The van der Waals surface area contributed by atoms with E-state index in [0.717, 1.165) is 5.92 Å². The lowest BCUT2D eigenvalue weighted by molar-refractivity contribution is 0.178. The van der Waals surface area contributed by atoms with Crippen LogP contribution in [0.2, 0.25) is 0 Å². The number of hydrogen-bond donors (Lipinski definition) is 0. The average molecular weight is 287 g/mol. The summed E-state index contributed by atoms with van der Waals surface area (Å²) in [7, 11) is 0. The van der Waals surface area contributed by atoms with Gasteiger partial charge in [-0.1, -0.05) is 70.7 Å². The first-order chi connectivity index (χ1) is 10.2. The van der Waals surface area contributed by atoms with Gasteiger partial charge in [0, 0.05) is 0 Å². The number of benzene rings is 1. The van der Waals surface area contributed by atoms with Crippen LogP contribution in [-0.2, 0) is 6.42 Å². The van der Waals surface area contributed by atoms with Gasteiger partial charge in [-0.3, -0.25) is 0 Å². The summed E-state index contributed by atoms with van der Waals surface area (Å²) in [5.41, 5.74) is 3.72. The van der Waals surface area contributed by atoms with Crippen molar-refractivity contribution >= 4 is 0 Å². The van der Waals surface area contributed by atoms with E-state index in [1.165, 1.54) is 69.8 Å². The van der Waals surface area contributed by atoms with Gasteiger partial charge in [0.05, 0.1) is 0 Å². The Morgan fingerprint density at radius 3 is 2.19 bits per heavy atom. The summed E-state index contributed by atoms with van der Waals surface area (Å²) in [6.45, 7) is 7.10. The molecule has 21 heavy (non-hydrogen) atoms. The topological polar surface area (TPSA) is 0 Å². The van der Waals surface area contributed by atoms with E-state index in [1.807, 2.05) is 0 Å². The van der Waals surface area contributed by atoms with E-state index in [2.05, 4.69) is 45.0 Å². The molecule has 2 rings (SSSR count). The van der Waals surface area contributed by atoms with Crippen LogP contribution in [0.1, 0.15) is 95.6 Å². The first-order valence-electron chi connectivity index (χ1n) is 9.25. The molecule has 118 valence electrons. The maximum absolute atomic E-state index is 2.53. The molecule has 0 N–H and O–H groups in total. The Kier molecular flexibility index (Phi) is 6.33. The van der Waals surface area contributed by atoms with E-state index in [4.69, 9.17) is 0 Å². The zero-order valence-corrected chi connectivity index (χ0v) is 14.5. The van der Waals surface area contributed by atoms with Gasteiger partial charge in [0.25, 0.3) is 0 Å². The molecule has 1 aromatic rings. The lowest BCUT2D eigenvalue weighted by Gasteiger charge is -2.38. The van der Waals surface area contributed by atoms with Gasteiger partial charge in [0.15, 0.2) is 0 Å². The highest BCUT2D eigenvalue weighted by Gasteiger charge is 2.30. The highest BCUT2D eigenvalue weighted by molar-refractivity contribution is 5.26. The minimum Gasteiger partial charge on any atom is -0.0654 e. The quantitative estimate of drug-likeness (QED) is 0.479. The highest BCUT2D eigenvalue weighted by Crippen LogP contribution is 2.45. The van der Waals surface area contributed by atoms with Crippen molar-refractivity contribution in [2.75, 3.05) is 0 Å². The van der Waals surface area contributed by atoms with Crippen LogP contribution in [0.3, 0.4) is 0 Å². The fraction of sp³-hybridized carbons (Fsp3) is 0.714. The van der Waals surface area contributed by atoms with E-state index >= 15 is 0 Å². The summed E-state index contributed by atoms with van der Waals surface area (Å²) in [5, 5.41) is 0. The predicted octanol–water partition coefficient (Wildman–Crippen LogP) is 6.88. The Hall–Kier alpha value is -0.780. The van der Waals surface area contributed by atoms with Gasteiger partial charge >= 0.3 is 0 Å². The molecule has 1 aromatic carbocycles. The lowest BCUT2D eigenvalue weighted by atomic mass is 9.68. The van der Waals surface area contributed by atoms with E-state index < -0.39 is 0 Å². The fourth-order valence-electron chi connectivity index (χ4n) is 3.94. The molecule has 1 aliphatic carbocycles. The molecule has 0 spiro atoms. The van der Waals surface area contributed by atoms with Crippen LogP contribution in [0.25, 0.3) is 0 Å². The second-order valence-corrected chi connectivity index (χ2v) is 7.53. The smallest absolute Gasteiger partial charge is 0.0162 e. The number of aryl methyl sites for hydroxylation is 1. The molecule has 1 fully saturated rings. The van der Waals surface area contributed by atoms with Gasteiger partial charge in [0.2, 0.25) is 0 Å². The van der Waals surface area contributed by atoms with Crippen molar-refractivity contribution in [2.24, 2.45) is 5.41 Å². The third kappa shape index (κ3) is 4.87. The largest absolute Gasteiger partial charge is 0.0654 e. The molecular weight excluding hydrogens is 252 g/mol. The van der Waals surface area contributed by atoms with Crippen molar-refractivity contribution in [1.82, 2.24) is 0 Å². The van der Waals surface area contributed by atoms with Crippen molar-refractivity contribution in [3.8, 4) is 0 Å². The molecule has 0 nitrogen and oxygen atoms in total. The summed E-state index contributed by atoms with van der Waals surface area (Å²) >= 11 is 0. The van der Waals surface area contributed by atoms with E-state index in [1.54, 1.807) is 5.56 Å². The minimum atomic E-state index is 0.633. The molecule has 0 aromatic heterocycles. The van der Waals surface area contributed by atoms with Crippen molar-refractivity contribution in [1.29, 1.82) is 0 Å². The second-order valence-electron chi connectivity index (χ2n) is 7.53. The van der Waals surface area contributed by atoms with Crippen molar-refractivity contribution in [3.63, 3.8) is 0 Å². The van der Waals surface area contributed by atoms with Crippen LogP contribution in [0, 0.1) is 5.41 Å². The normalized spacial score (nSPS) is 26.0. The van der Waals surface area contributed by atoms with Crippen LogP contribution < -0.4 is 0 Å². The zero-order chi connectivity index (χ0) is 15.1. The Balaban J connectivity index is 1.85. The SMILES string of the molecule is CCCCCC1(C)CCC(c2ccc(CCC)cc2)CC1.